The van der Waals surface area contributed by atoms with Crippen molar-refractivity contribution in [3.8, 4) is 0 Å². The van der Waals surface area contributed by atoms with Gasteiger partial charge in [0.2, 0.25) is 0 Å². The highest BCUT2D eigenvalue weighted by Crippen LogP contribution is 2.29. The molecular formula is C10H11F3N2S2. The lowest BCUT2D eigenvalue weighted by Crippen LogP contribution is -2.30. The van der Waals surface area contributed by atoms with Crippen LogP contribution in [-0.4, -0.2) is 22.9 Å². The molecule has 17 heavy (non-hydrogen) atoms. The number of alkyl halides is 3. The molecule has 94 valence electrons. The molecule has 0 fully saturated rings. The fourth-order valence-corrected chi connectivity index (χ4v) is 1.68. The molecule has 0 saturated carbocycles. The molecule has 1 rings (SSSR count). The number of thioether (sulfide) groups is 1. The first-order valence-electron chi connectivity index (χ1n) is 4.78. The lowest BCUT2D eigenvalue weighted by atomic mass is 10.3. The summed E-state index contributed by atoms with van der Waals surface area (Å²) >= 11 is 4.86. The summed E-state index contributed by atoms with van der Waals surface area (Å²) < 4.78 is 35.4. The van der Waals surface area contributed by atoms with Gasteiger partial charge in [-0.05, 0) is 36.1 Å². The second-order valence-electron chi connectivity index (χ2n) is 3.04. The van der Waals surface area contributed by atoms with Crippen LogP contribution in [0.15, 0.2) is 30.3 Å². The van der Waals surface area contributed by atoms with Gasteiger partial charge < -0.3 is 10.6 Å². The summed E-state index contributed by atoms with van der Waals surface area (Å²) in [5, 5.41) is 5.89. The quantitative estimate of drug-likeness (QED) is 0.653. The van der Waals surface area contributed by atoms with Crippen molar-refractivity contribution in [2.24, 2.45) is 0 Å². The van der Waals surface area contributed by atoms with Gasteiger partial charge in [0.05, 0.1) is 0 Å². The number of benzene rings is 1. The highest BCUT2D eigenvalue weighted by molar-refractivity contribution is 8.00. The summed E-state index contributed by atoms with van der Waals surface area (Å²) in [6.07, 6.45) is 0. The molecular weight excluding hydrogens is 269 g/mol. The Morgan fingerprint density at radius 3 is 2.47 bits per heavy atom. The molecule has 0 heterocycles. The number of anilines is 1. The average Bonchev–Trinajstić information content (AvgIpc) is 2.25. The zero-order valence-corrected chi connectivity index (χ0v) is 10.4. The van der Waals surface area contributed by atoms with Gasteiger partial charge in [-0.1, -0.05) is 18.2 Å². The number of hydrogen-bond donors (Lipinski definition) is 2. The minimum atomic E-state index is -4.18. The smallest absolute Gasteiger partial charge is 0.362 e. The van der Waals surface area contributed by atoms with E-state index in [9.17, 15) is 13.2 Å². The predicted octanol–water partition coefficient (Wildman–Crippen LogP) is 3.23. The van der Waals surface area contributed by atoms with Crippen molar-refractivity contribution in [1.29, 1.82) is 0 Å². The lowest BCUT2D eigenvalue weighted by molar-refractivity contribution is -0.0327. The Morgan fingerprint density at radius 2 is 1.88 bits per heavy atom. The fraction of sp³-hybridized carbons (Fsp3) is 0.300. The first-order valence-corrected chi connectivity index (χ1v) is 6.17. The van der Waals surface area contributed by atoms with Crippen LogP contribution in [0.25, 0.3) is 0 Å². The summed E-state index contributed by atoms with van der Waals surface area (Å²) in [5.74, 6) is -0.0693. The Labute approximate surface area is 107 Å². The molecule has 0 saturated heterocycles. The van der Waals surface area contributed by atoms with E-state index in [0.717, 1.165) is 5.69 Å². The Kier molecular flexibility index (Phi) is 5.57. The molecule has 2 N–H and O–H groups in total. The normalized spacial score (nSPS) is 11.0. The highest BCUT2D eigenvalue weighted by atomic mass is 32.2. The first kappa shape index (κ1) is 14.1. The number of para-hydroxylation sites is 1. The second kappa shape index (κ2) is 6.70. The van der Waals surface area contributed by atoms with Gasteiger partial charge in [0.15, 0.2) is 5.11 Å². The first-order chi connectivity index (χ1) is 7.97. The van der Waals surface area contributed by atoms with Crippen LogP contribution < -0.4 is 10.6 Å². The van der Waals surface area contributed by atoms with Crippen molar-refractivity contribution in [3.63, 3.8) is 0 Å². The molecule has 0 aromatic heterocycles. The fourth-order valence-electron chi connectivity index (χ4n) is 1.03. The Balaban J connectivity index is 2.18. The van der Waals surface area contributed by atoms with E-state index in [2.05, 4.69) is 10.6 Å². The van der Waals surface area contributed by atoms with E-state index in [-0.39, 0.29) is 24.1 Å². The third-order valence-corrected chi connectivity index (χ3v) is 2.67. The van der Waals surface area contributed by atoms with Crippen LogP contribution in [0.4, 0.5) is 18.9 Å². The van der Waals surface area contributed by atoms with Gasteiger partial charge in [-0.15, -0.1) is 0 Å². The van der Waals surface area contributed by atoms with Crippen LogP contribution in [-0.2, 0) is 0 Å². The second-order valence-corrected chi connectivity index (χ2v) is 4.61. The summed E-state index contributed by atoms with van der Waals surface area (Å²) in [4.78, 5) is 0. The van der Waals surface area contributed by atoms with Gasteiger partial charge in [0.1, 0.15) is 0 Å². The molecule has 7 heteroatoms. The van der Waals surface area contributed by atoms with E-state index in [0.29, 0.717) is 5.11 Å². The number of nitrogens with one attached hydrogen (secondary N) is 2. The molecule has 0 bridgehead atoms. The van der Waals surface area contributed by atoms with Crippen LogP contribution in [0, 0.1) is 0 Å². The third-order valence-electron chi connectivity index (χ3n) is 1.69. The Bertz CT molecular complexity index is 354. The molecule has 0 aliphatic heterocycles. The highest BCUT2D eigenvalue weighted by Gasteiger charge is 2.27. The molecule has 1 aromatic carbocycles. The van der Waals surface area contributed by atoms with E-state index in [1.165, 1.54) is 0 Å². The molecule has 0 aliphatic rings. The lowest BCUT2D eigenvalue weighted by Gasteiger charge is -2.10. The number of thiocarbonyl (C=S) groups is 1. The Hall–Kier alpha value is -0.950. The van der Waals surface area contributed by atoms with Gasteiger partial charge in [-0.2, -0.15) is 13.2 Å². The minimum Gasteiger partial charge on any atom is -0.362 e. The molecule has 0 aliphatic carbocycles. The maximum absolute atomic E-state index is 11.8. The molecule has 0 radical (unpaired) electrons. The van der Waals surface area contributed by atoms with Crippen LogP contribution in [0.5, 0.6) is 0 Å². The van der Waals surface area contributed by atoms with Crippen molar-refractivity contribution in [1.82, 2.24) is 5.32 Å². The van der Waals surface area contributed by atoms with Crippen molar-refractivity contribution >= 4 is 34.8 Å². The number of halogens is 3. The van der Waals surface area contributed by atoms with Gasteiger partial charge in [-0.3, -0.25) is 0 Å². The van der Waals surface area contributed by atoms with Crippen LogP contribution >= 0.6 is 24.0 Å². The molecule has 0 amide bonds. The molecule has 1 aromatic rings. The van der Waals surface area contributed by atoms with Crippen LogP contribution in [0.2, 0.25) is 0 Å². The zero-order chi connectivity index (χ0) is 12.7. The van der Waals surface area contributed by atoms with Crippen molar-refractivity contribution in [2.45, 2.75) is 5.51 Å². The summed E-state index contributed by atoms with van der Waals surface area (Å²) in [6, 6.07) is 9.17. The number of rotatable bonds is 4. The topological polar surface area (TPSA) is 24.1 Å². The van der Waals surface area contributed by atoms with E-state index < -0.39 is 5.51 Å². The van der Waals surface area contributed by atoms with E-state index in [1.54, 1.807) is 0 Å². The Morgan fingerprint density at radius 1 is 1.24 bits per heavy atom. The maximum atomic E-state index is 11.8. The number of hydrogen-bond acceptors (Lipinski definition) is 2. The van der Waals surface area contributed by atoms with E-state index in [1.807, 2.05) is 30.3 Å². The SMILES string of the molecule is FC(F)(F)SCCNC(=S)Nc1ccccc1. The third kappa shape index (κ3) is 7.06. The molecule has 0 unspecified atom stereocenters. The van der Waals surface area contributed by atoms with E-state index in [4.69, 9.17) is 12.2 Å². The van der Waals surface area contributed by atoms with Crippen molar-refractivity contribution in [2.75, 3.05) is 17.6 Å². The largest absolute Gasteiger partial charge is 0.441 e. The minimum absolute atomic E-state index is 0.0681. The van der Waals surface area contributed by atoms with Crippen LogP contribution in [0.1, 0.15) is 0 Å². The van der Waals surface area contributed by atoms with Gasteiger partial charge in [-0.25, -0.2) is 0 Å². The molecule has 0 atom stereocenters. The predicted molar refractivity (Wildman–Crippen MR) is 69.2 cm³/mol. The van der Waals surface area contributed by atoms with Crippen molar-refractivity contribution in [3.05, 3.63) is 30.3 Å². The van der Waals surface area contributed by atoms with Gasteiger partial charge in [0.25, 0.3) is 0 Å². The summed E-state index contributed by atoms with van der Waals surface area (Å²) in [7, 11) is 0. The summed E-state index contributed by atoms with van der Waals surface area (Å²) in [6.45, 7) is 0.169. The zero-order valence-electron chi connectivity index (χ0n) is 8.75. The van der Waals surface area contributed by atoms with Crippen LogP contribution in [0.3, 0.4) is 0 Å². The van der Waals surface area contributed by atoms with Crippen molar-refractivity contribution < 1.29 is 13.2 Å². The van der Waals surface area contributed by atoms with Gasteiger partial charge in [0, 0.05) is 18.0 Å². The monoisotopic (exact) mass is 280 g/mol. The average molecular weight is 280 g/mol. The molecule has 2 nitrogen and oxygen atoms in total. The standard InChI is InChI=1S/C10H11F3N2S2/c11-10(12,13)17-7-6-14-9(16)15-8-4-2-1-3-5-8/h1-5H,6-7H2,(H2,14,15,16). The maximum Gasteiger partial charge on any atom is 0.441 e. The summed E-state index contributed by atoms with van der Waals surface area (Å²) in [5.41, 5.74) is -3.38. The van der Waals surface area contributed by atoms with Gasteiger partial charge >= 0.3 is 5.51 Å². The van der Waals surface area contributed by atoms with E-state index >= 15 is 0 Å². The molecule has 0 spiro atoms.